The van der Waals surface area contributed by atoms with Crippen LogP contribution in [0.3, 0.4) is 0 Å². The number of benzene rings is 3. The summed E-state index contributed by atoms with van der Waals surface area (Å²) in [5.41, 5.74) is 4.66. The van der Waals surface area contributed by atoms with Gasteiger partial charge in [0.15, 0.2) is 5.16 Å². The van der Waals surface area contributed by atoms with Crippen LogP contribution in [0.4, 0.5) is 0 Å². The Morgan fingerprint density at radius 3 is 2.56 bits per heavy atom. The van der Waals surface area contributed by atoms with E-state index in [0.717, 1.165) is 34.6 Å². The highest BCUT2D eigenvalue weighted by Crippen LogP contribution is 2.27. The molecule has 0 aliphatic rings. The van der Waals surface area contributed by atoms with Gasteiger partial charge in [-0.2, -0.15) is 0 Å². The molecule has 0 saturated heterocycles. The summed E-state index contributed by atoms with van der Waals surface area (Å²) >= 11 is 1.66. The molecule has 0 atom stereocenters. The van der Waals surface area contributed by atoms with Gasteiger partial charge < -0.3 is 10.1 Å². The van der Waals surface area contributed by atoms with E-state index in [0.29, 0.717) is 25.8 Å². The summed E-state index contributed by atoms with van der Waals surface area (Å²) in [5.74, 6) is 2.48. The maximum atomic E-state index is 12.4. The van der Waals surface area contributed by atoms with E-state index in [-0.39, 0.29) is 5.91 Å². The third kappa shape index (κ3) is 7.21. The zero-order valence-electron chi connectivity index (χ0n) is 20.8. The predicted molar refractivity (Wildman–Crippen MR) is 145 cm³/mol. The number of carbonyl (C=O) groups excluding carboxylic acids is 1. The highest BCUT2D eigenvalue weighted by Gasteiger charge is 2.16. The molecule has 3 aromatic carbocycles. The lowest BCUT2D eigenvalue weighted by molar-refractivity contribution is -0.121. The molecule has 4 rings (SSSR count). The third-order valence-electron chi connectivity index (χ3n) is 5.85. The van der Waals surface area contributed by atoms with Crippen LogP contribution in [0.15, 0.2) is 84.0 Å². The van der Waals surface area contributed by atoms with E-state index in [9.17, 15) is 4.79 Å². The van der Waals surface area contributed by atoms with Crippen molar-refractivity contribution in [2.45, 2.75) is 43.5 Å². The number of thioether (sulfide) groups is 1. The van der Waals surface area contributed by atoms with Gasteiger partial charge in [-0.3, -0.25) is 9.36 Å². The minimum absolute atomic E-state index is 0.0624. The van der Waals surface area contributed by atoms with E-state index in [4.69, 9.17) is 4.74 Å². The molecule has 0 radical (unpaired) electrons. The molecule has 1 amide bonds. The number of hydrogen-bond acceptors (Lipinski definition) is 5. The van der Waals surface area contributed by atoms with Crippen LogP contribution in [0.2, 0.25) is 0 Å². The molecule has 0 fully saturated rings. The number of aryl methyl sites for hydroxylation is 2. The Hall–Kier alpha value is -3.58. The summed E-state index contributed by atoms with van der Waals surface area (Å²) in [5, 5.41) is 12.8. The van der Waals surface area contributed by atoms with Gasteiger partial charge in [0.2, 0.25) is 5.91 Å². The summed E-state index contributed by atoms with van der Waals surface area (Å²) < 4.78 is 7.52. The van der Waals surface area contributed by atoms with Crippen molar-refractivity contribution in [3.05, 3.63) is 101 Å². The molecule has 1 aromatic heterocycles. The van der Waals surface area contributed by atoms with Crippen LogP contribution in [-0.4, -0.2) is 34.3 Å². The maximum absolute atomic E-state index is 12.4. The lowest BCUT2D eigenvalue weighted by Gasteiger charge is -2.12. The lowest BCUT2D eigenvalue weighted by atomic mass is 10.1. The topological polar surface area (TPSA) is 69.0 Å². The van der Waals surface area contributed by atoms with Gasteiger partial charge >= 0.3 is 0 Å². The summed E-state index contributed by atoms with van der Waals surface area (Å²) in [7, 11) is 1.66. The first kappa shape index (κ1) is 25.5. The number of aromatic nitrogens is 3. The fourth-order valence-electron chi connectivity index (χ4n) is 4.00. The summed E-state index contributed by atoms with van der Waals surface area (Å²) in [6, 6.07) is 26.6. The Bertz CT molecular complexity index is 1270. The third-order valence-corrected chi connectivity index (χ3v) is 6.85. The van der Waals surface area contributed by atoms with Crippen molar-refractivity contribution in [3.63, 3.8) is 0 Å². The fraction of sp³-hybridized carbons (Fsp3) is 0.276. The largest absolute Gasteiger partial charge is 0.497 e. The van der Waals surface area contributed by atoms with Crippen molar-refractivity contribution in [2.75, 3.05) is 13.7 Å². The number of carbonyl (C=O) groups is 1. The molecule has 7 heteroatoms. The van der Waals surface area contributed by atoms with Crippen molar-refractivity contribution >= 4 is 17.7 Å². The summed E-state index contributed by atoms with van der Waals surface area (Å²) in [4.78, 5) is 12.4. The maximum Gasteiger partial charge on any atom is 0.220 e. The Morgan fingerprint density at radius 1 is 0.944 bits per heavy atom. The predicted octanol–water partition coefficient (Wildman–Crippen LogP) is 5.56. The molecule has 0 bridgehead atoms. The van der Waals surface area contributed by atoms with Gasteiger partial charge in [-0.05, 0) is 43.0 Å². The van der Waals surface area contributed by atoms with Gasteiger partial charge in [-0.25, -0.2) is 0 Å². The van der Waals surface area contributed by atoms with Gasteiger partial charge in [0.1, 0.15) is 11.6 Å². The molecule has 0 aliphatic carbocycles. The minimum atomic E-state index is 0.0624. The second kappa shape index (κ2) is 12.9. The van der Waals surface area contributed by atoms with Gasteiger partial charge in [0.05, 0.1) is 12.8 Å². The van der Waals surface area contributed by atoms with Crippen molar-refractivity contribution in [1.29, 1.82) is 0 Å². The highest BCUT2D eigenvalue weighted by atomic mass is 32.2. The van der Waals surface area contributed by atoms with Crippen molar-refractivity contribution in [3.8, 4) is 11.4 Å². The monoisotopic (exact) mass is 500 g/mol. The molecule has 0 spiro atoms. The van der Waals surface area contributed by atoms with Crippen LogP contribution >= 0.6 is 11.8 Å². The van der Waals surface area contributed by atoms with Gasteiger partial charge in [-0.1, -0.05) is 78.0 Å². The molecule has 36 heavy (non-hydrogen) atoms. The van der Waals surface area contributed by atoms with E-state index in [1.807, 2.05) is 42.5 Å². The first-order valence-electron chi connectivity index (χ1n) is 12.2. The van der Waals surface area contributed by atoms with Crippen LogP contribution in [0.1, 0.15) is 35.4 Å². The van der Waals surface area contributed by atoms with E-state index in [1.165, 1.54) is 16.7 Å². The molecular weight excluding hydrogens is 468 g/mol. The molecule has 0 aliphatic heterocycles. The average molecular weight is 501 g/mol. The number of nitrogens with zero attached hydrogens (tertiary/aromatic N) is 3. The Labute approximate surface area is 217 Å². The van der Waals surface area contributed by atoms with Crippen LogP contribution in [0.5, 0.6) is 5.75 Å². The molecule has 0 unspecified atom stereocenters. The van der Waals surface area contributed by atoms with Crippen molar-refractivity contribution in [2.24, 2.45) is 0 Å². The van der Waals surface area contributed by atoms with Crippen LogP contribution < -0.4 is 10.1 Å². The van der Waals surface area contributed by atoms with E-state index in [2.05, 4.69) is 63.4 Å². The quantitative estimate of drug-likeness (QED) is 0.258. The first-order chi connectivity index (χ1) is 17.6. The molecule has 0 saturated carbocycles. The highest BCUT2D eigenvalue weighted by molar-refractivity contribution is 7.98. The smallest absolute Gasteiger partial charge is 0.220 e. The Kier molecular flexibility index (Phi) is 9.16. The van der Waals surface area contributed by atoms with E-state index in [1.54, 1.807) is 18.9 Å². The minimum Gasteiger partial charge on any atom is -0.497 e. The van der Waals surface area contributed by atoms with Gasteiger partial charge in [0, 0.05) is 31.2 Å². The molecule has 6 nitrogen and oxygen atoms in total. The van der Waals surface area contributed by atoms with Crippen LogP contribution in [0.25, 0.3) is 5.69 Å². The van der Waals surface area contributed by atoms with Crippen LogP contribution in [0, 0.1) is 6.92 Å². The Morgan fingerprint density at radius 2 is 1.75 bits per heavy atom. The zero-order chi connectivity index (χ0) is 25.2. The first-order valence-corrected chi connectivity index (χ1v) is 13.2. The fourth-order valence-corrected chi connectivity index (χ4v) is 4.91. The van der Waals surface area contributed by atoms with Gasteiger partial charge in [0.25, 0.3) is 0 Å². The molecule has 186 valence electrons. The second-order valence-corrected chi connectivity index (χ2v) is 9.60. The standard InChI is InChI=1S/C29H32N4O2S/c1-22-9-6-12-24(19-22)21-36-29-32-31-27(33(29)25-13-7-14-26(20-25)35-2)15-8-16-28(34)30-18-17-23-10-4-3-5-11-23/h3-7,9-14,19-20H,8,15-18,21H2,1-2H3,(H,30,34). The van der Waals surface area contributed by atoms with E-state index < -0.39 is 0 Å². The molecule has 1 N–H and O–H groups in total. The summed E-state index contributed by atoms with van der Waals surface area (Å²) in [6.45, 7) is 2.74. The summed E-state index contributed by atoms with van der Waals surface area (Å²) in [6.07, 6.45) is 2.63. The molecule has 1 heterocycles. The number of amides is 1. The lowest BCUT2D eigenvalue weighted by Crippen LogP contribution is -2.25. The zero-order valence-corrected chi connectivity index (χ0v) is 21.6. The number of nitrogens with one attached hydrogen (secondary N) is 1. The van der Waals surface area contributed by atoms with Crippen molar-refractivity contribution in [1.82, 2.24) is 20.1 Å². The molecular formula is C29H32N4O2S. The molecule has 4 aromatic rings. The van der Waals surface area contributed by atoms with Crippen LogP contribution in [-0.2, 0) is 23.4 Å². The number of methoxy groups -OCH3 is 1. The average Bonchev–Trinajstić information content (AvgIpc) is 3.31. The number of ether oxygens (including phenoxy) is 1. The van der Waals surface area contributed by atoms with Crippen molar-refractivity contribution < 1.29 is 9.53 Å². The Balaban J connectivity index is 1.40. The van der Waals surface area contributed by atoms with Gasteiger partial charge in [-0.15, -0.1) is 10.2 Å². The number of hydrogen-bond donors (Lipinski definition) is 1. The SMILES string of the molecule is COc1cccc(-n2c(CCCC(=O)NCCc3ccccc3)nnc2SCc2cccc(C)c2)c1. The normalized spacial score (nSPS) is 10.8. The van der Waals surface area contributed by atoms with E-state index >= 15 is 0 Å². The number of rotatable bonds is 12. The second-order valence-electron chi connectivity index (χ2n) is 8.65.